The van der Waals surface area contributed by atoms with Crippen molar-refractivity contribution < 1.29 is 23.9 Å². The summed E-state index contributed by atoms with van der Waals surface area (Å²) >= 11 is 0.802. The molecular formula is C21H19NO5S. The zero-order chi connectivity index (χ0) is 20.1. The van der Waals surface area contributed by atoms with Crippen molar-refractivity contribution in [3.05, 3.63) is 70.1 Å². The molecule has 6 nitrogen and oxygen atoms in total. The molecule has 0 saturated carbocycles. The van der Waals surface area contributed by atoms with Crippen molar-refractivity contribution in [3.63, 3.8) is 0 Å². The fraction of sp³-hybridized carbons (Fsp3) is 0.190. The van der Waals surface area contributed by atoms with Crippen molar-refractivity contribution in [1.82, 2.24) is 4.90 Å². The van der Waals surface area contributed by atoms with Crippen LogP contribution in [0.25, 0.3) is 6.08 Å². The molecule has 28 heavy (non-hydrogen) atoms. The molecule has 2 aromatic rings. The molecule has 0 aromatic heterocycles. The highest BCUT2D eigenvalue weighted by molar-refractivity contribution is 8.18. The number of hydrogen-bond donors (Lipinski definition) is 0. The fourth-order valence-corrected chi connectivity index (χ4v) is 3.45. The quantitative estimate of drug-likeness (QED) is 0.546. The summed E-state index contributed by atoms with van der Waals surface area (Å²) in [7, 11) is 1.21. The molecular weight excluding hydrogens is 378 g/mol. The highest BCUT2D eigenvalue weighted by atomic mass is 32.2. The lowest BCUT2D eigenvalue weighted by Gasteiger charge is -2.09. The highest BCUT2D eigenvalue weighted by Gasteiger charge is 2.36. The summed E-state index contributed by atoms with van der Waals surface area (Å²) in [4.78, 5) is 36.7. The summed E-state index contributed by atoms with van der Waals surface area (Å²) in [5.41, 5.74) is 3.02. The molecule has 0 radical (unpaired) electrons. The van der Waals surface area contributed by atoms with Gasteiger partial charge in [-0.3, -0.25) is 19.3 Å². The first-order valence-corrected chi connectivity index (χ1v) is 9.38. The van der Waals surface area contributed by atoms with Gasteiger partial charge in [0.1, 0.15) is 18.9 Å². The van der Waals surface area contributed by atoms with E-state index in [0.29, 0.717) is 12.4 Å². The first-order chi connectivity index (χ1) is 13.5. The van der Waals surface area contributed by atoms with E-state index < -0.39 is 17.1 Å². The zero-order valence-electron chi connectivity index (χ0n) is 15.5. The van der Waals surface area contributed by atoms with E-state index in [1.165, 1.54) is 12.7 Å². The van der Waals surface area contributed by atoms with E-state index in [2.05, 4.69) is 10.8 Å². The third kappa shape index (κ3) is 4.80. The molecule has 1 aliphatic rings. The molecule has 0 unspecified atom stereocenters. The second-order valence-electron chi connectivity index (χ2n) is 6.19. The van der Waals surface area contributed by atoms with Crippen molar-refractivity contribution in [2.45, 2.75) is 13.5 Å². The number of carbonyl (C=O) groups is 3. The lowest BCUT2D eigenvalue weighted by Crippen LogP contribution is -2.34. The van der Waals surface area contributed by atoms with Crippen molar-refractivity contribution in [2.24, 2.45) is 0 Å². The number of benzene rings is 2. The monoisotopic (exact) mass is 397 g/mol. The minimum atomic E-state index is -0.640. The maximum atomic E-state index is 12.3. The second kappa shape index (κ2) is 8.75. The van der Waals surface area contributed by atoms with Crippen LogP contribution in [0.1, 0.15) is 16.7 Å². The van der Waals surface area contributed by atoms with Gasteiger partial charge in [0.05, 0.1) is 12.0 Å². The van der Waals surface area contributed by atoms with Crippen molar-refractivity contribution in [1.29, 1.82) is 0 Å². The lowest BCUT2D eigenvalue weighted by molar-refractivity contribution is -0.143. The van der Waals surface area contributed by atoms with Crippen LogP contribution in [-0.4, -0.2) is 35.7 Å². The Kier molecular flexibility index (Phi) is 6.16. The van der Waals surface area contributed by atoms with Crippen molar-refractivity contribution in [3.8, 4) is 5.75 Å². The normalized spacial score (nSPS) is 15.2. The molecule has 1 heterocycles. The van der Waals surface area contributed by atoms with Crippen LogP contribution in [0.4, 0.5) is 4.79 Å². The number of imide groups is 1. The molecule has 0 bridgehead atoms. The van der Waals surface area contributed by atoms with Crippen molar-refractivity contribution >= 4 is 35.0 Å². The Morgan fingerprint density at radius 2 is 1.89 bits per heavy atom. The Morgan fingerprint density at radius 1 is 1.14 bits per heavy atom. The molecule has 7 heteroatoms. The SMILES string of the molecule is COC(=O)CN1C(=O)S/C(=C/c2ccc(OCc3cccc(C)c3)cc2)C1=O. The van der Waals surface area contributed by atoms with E-state index in [1.54, 1.807) is 30.3 Å². The van der Waals surface area contributed by atoms with Crippen LogP contribution in [0.15, 0.2) is 53.4 Å². The summed E-state index contributed by atoms with van der Waals surface area (Å²) in [5.74, 6) is -0.434. The fourth-order valence-electron chi connectivity index (χ4n) is 2.61. The van der Waals surface area contributed by atoms with E-state index in [0.717, 1.165) is 27.8 Å². The predicted molar refractivity (Wildman–Crippen MR) is 107 cm³/mol. The number of esters is 1. The summed E-state index contributed by atoms with van der Waals surface area (Å²) in [6.07, 6.45) is 1.62. The van der Waals surface area contributed by atoms with E-state index in [9.17, 15) is 14.4 Å². The smallest absolute Gasteiger partial charge is 0.325 e. The maximum absolute atomic E-state index is 12.3. The topological polar surface area (TPSA) is 72.9 Å². The van der Waals surface area contributed by atoms with E-state index in [4.69, 9.17) is 4.74 Å². The van der Waals surface area contributed by atoms with Gasteiger partial charge < -0.3 is 9.47 Å². The Hall–Kier alpha value is -3.06. The molecule has 3 rings (SSSR count). The van der Waals surface area contributed by atoms with Gasteiger partial charge in [-0.15, -0.1) is 0 Å². The van der Waals surface area contributed by atoms with Crippen LogP contribution >= 0.6 is 11.8 Å². The number of carbonyl (C=O) groups excluding carboxylic acids is 3. The zero-order valence-corrected chi connectivity index (χ0v) is 16.3. The third-order valence-electron chi connectivity index (χ3n) is 4.05. The van der Waals surface area contributed by atoms with Gasteiger partial charge in [0.25, 0.3) is 11.1 Å². The Morgan fingerprint density at radius 3 is 2.57 bits per heavy atom. The number of aryl methyl sites for hydroxylation is 1. The summed E-state index contributed by atoms with van der Waals surface area (Å²) < 4.78 is 10.3. The van der Waals surface area contributed by atoms with Gasteiger partial charge >= 0.3 is 5.97 Å². The van der Waals surface area contributed by atoms with Gasteiger partial charge in [0, 0.05) is 0 Å². The Labute approximate surface area is 167 Å². The van der Waals surface area contributed by atoms with E-state index in [1.807, 2.05) is 25.1 Å². The molecule has 2 aromatic carbocycles. The average molecular weight is 397 g/mol. The molecule has 1 aliphatic heterocycles. The Bertz CT molecular complexity index is 936. The first-order valence-electron chi connectivity index (χ1n) is 8.57. The number of nitrogens with zero attached hydrogens (tertiary/aromatic N) is 1. The number of ether oxygens (including phenoxy) is 2. The molecule has 1 saturated heterocycles. The average Bonchev–Trinajstić information content (AvgIpc) is 2.94. The third-order valence-corrected chi connectivity index (χ3v) is 4.96. The standard InChI is InChI=1S/C21H19NO5S/c1-14-4-3-5-16(10-14)13-27-17-8-6-15(7-9-17)11-18-20(24)22(21(25)28-18)12-19(23)26-2/h3-11H,12-13H2,1-2H3/b18-11+. The van der Waals surface area contributed by atoms with Crippen LogP contribution in [0.2, 0.25) is 0 Å². The number of methoxy groups -OCH3 is 1. The minimum absolute atomic E-state index is 0.266. The molecule has 1 fully saturated rings. The molecule has 144 valence electrons. The van der Waals surface area contributed by atoms with Gasteiger partial charge in [-0.1, -0.05) is 42.0 Å². The first kappa shape index (κ1) is 19.7. The van der Waals surface area contributed by atoms with E-state index >= 15 is 0 Å². The molecule has 0 atom stereocenters. The molecule has 0 N–H and O–H groups in total. The number of thioether (sulfide) groups is 1. The lowest BCUT2D eigenvalue weighted by atomic mass is 10.1. The van der Waals surface area contributed by atoms with Crippen LogP contribution in [-0.2, 0) is 20.9 Å². The number of amides is 2. The largest absolute Gasteiger partial charge is 0.489 e. The Balaban J connectivity index is 1.64. The molecule has 0 spiro atoms. The van der Waals surface area contributed by atoms with Gasteiger partial charge in [-0.05, 0) is 48.0 Å². The van der Waals surface area contributed by atoms with Crippen LogP contribution in [0.3, 0.4) is 0 Å². The summed E-state index contributed by atoms with van der Waals surface area (Å²) in [6.45, 7) is 2.11. The van der Waals surface area contributed by atoms with Crippen LogP contribution < -0.4 is 4.74 Å². The second-order valence-corrected chi connectivity index (χ2v) is 7.18. The minimum Gasteiger partial charge on any atom is -0.489 e. The van der Waals surface area contributed by atoms with Crippen LogP contribution in [0, 0.1) is 6.92 Å². The predicted octanol–water partition coefficient (Wildman–Crippen LogP) is 3.78. The van der Waals surface area contributed by atoms with E-state index in [-0.39, 0.29) is 11.4 Å². The van der Waals surface area contributed by atoms with Crippen molar-refractivity contribution in [2.75, 3.05) is 13.7 Å². The summed E-state index contributed by atoms with van der Waals surface area (Å²) in [5, 5.41) is -0.486. The summed E-state index contributed by atoms with van der Waals surface area (Å²) in [6, 6.07) is 15.3. The number of hydrogen-bond acceptors (Lipinski definition) is 6. The van der Waals surface area contributed by atoms with Gasteiger partial charge in [0.15, 0.2) is 0 Å². The maximum Gasteiger partial charge on any atom is 0.325 e. The molecule has 2 amide bonds. The van der Waals surface area contributed by atoms with Gasteiger partial charge in [0.2, 0.25) is 0 Å². The van der Waals surface area contributed by atoms with Gasteiger partial charge in [-0.2, -0.15) is 0 Å². The highest BCUT2D eigenvalue weighted by Crippen LogP contribution is 2.32. The van der Waals surface area contributed by atoms with Gasteiger partial charge in [-0.25, -0.2) is 0 Å². The number of rotatable bonds is 6. The van der Waals surface area contributed by atoms with Crippen LogP contribution in [0.5, 0.6) is 5.75 Å². The molecule has 0 aliphatic carbocycles.